The summed E-state index contributed by atoms with van der Waals surface area (Å²) in [4.78, 5) is 26.0. The molecule has 2 amide bonds. The maximum atomic E-state index is 12.5. The third-order valence-corrected chi connectivity index (χ3v) is 3.89. The summed E-state index contributed by atoms with van der Waals surface area (Å²) in [6, 6.07) is 12.4. The van der Waals surface area contributed by atoms with Crippen LogP contribution in [0.3, 0.4) is 0 Å². The summed E-state index contributed by atoms with van der Waals surface area (Å²) in [7, 11) is 0. The number of aryl methyl sites for hydroxylation is 1. The summed E-state index contributed by atoms with van der Waals surface area (Å²) in [6.07, 6.45) is -0.0153. The molecule has 2 aromatic rings. The fraction of sp³-hybridized carbons (Fsp3) is 0.300. The van der Waals surface area contributed by atoms with Crippen molar-refractivity contribution in [2.24, 2.45) is 0 Å². The molecule has 0 radical (unpaired) electrons. The predicted octanol–water partition coefficient (Wildman–Crippen LogP) is 4.43. The highest BCUT2D eigenvalue weighted by Crippen LogP contribution is 2.26. The average molecular weight is 375 g/mol. The Balaban J connectivity index is 2.18. The van der Waals surface area contributed by atoms with Gasteiger partial charge >= 0.3 is 0 Å². The lowest BCUT2D eigenvalue weighted by Gasteiger charge is -2.23. The van der Waals surface area contributed by atoms with Gasteiger partial charge in [0.15, 0.2) is 0 Å². The molecule has 0 aliphatic rings. The van der Waals surface area contributed by atoms with Crippen LogP contribution in [-0.4, -0.2) is 24.5 Å². The number of benzene rings is 2. The second-order valence-corrected chi connectivity index (χ2v) is 6.68. The lowest BCUT2D eigenvalue weighted by molar-refractivity contribution is -0.120. The van der Waals surface area contributed by atoms with Gasteiger partial charge in [-0.3, -0.25) is 9.59 Å². The van der Waals surface area contributed by atoms with Crippen molar-refractivity contribution in [2.45, 2.75) is 33.8 Å². The van der Waals surface area contributed by atoms with Crippen molar-refractivity contribution in [3.63, 3.8) is 0 Å². The first-order valence-electron chi connectivity index (χ1n) is 8.37. The van der Waals surface area contributed by atoms with E-state index in [-0.39, 0.29) is 24.5 Å². The molecule has 0 unspecified atom stereocenters. The molecule has 0 aliphatic heterocycles. The monoisotopic (exact) mass is 374 g/mol. The molecule has 0 spiro atoms. The van der Waals surface area contributed by atoms with E-state index in [1.165, 1.54) is 11.8 Å². The van der Waals surface area contributed by atoms with Gasteiger partial charge in [0.25, 0.3) is 0 Å². The van der Waals surface area contributed by atoms with E-state index in [4.69, 9.17) is 16.3 Å². The molecule has 1 N–H and O–H groups in total. The zero-order chi connectivity index (χ0) is 19.3. The van der Waals surface area contributed by atoms with Gasteiger partial charge in [-0.15, -0.1) is 0 Å². The fourth-order valence-electron chi connectivity index (χ4n) is 2.55. The summed E-state index contributed by atoms with van der Waals surface area (Å²) in [5, 5.41) is 3.40. The van der Waals surface area contributed by atoms with E-state index in [2.05, 4.69) is 5.32 Å². The molecule has 0 atom stereocenters. The Morgan fingerprint density at radius 2 is 1.88 bits per heavy atom. The standard InChI is InChI=1S/C20H23ClN2O3/c1-13(2)26-19-8-6-5-7-17(19)22-20(25)12-23(15(4)24)18-10-9-16(21)11-14(18)3/h5-11,13H,12H2,1-4H3,(H,22,25). The van der Waals surface area contributed by atoms with Crippen LogP contribution in [0.4, 0.5) is 11.4 Å². The van der Waals surface area contributed by atoms with Gasteiger partial charge in [-0.1, -0.05) is 23.7 Å². The summed E-state index contributed by atoms with van der Waals surface area (Å²) >= 11 is 5.98. The third kappa shape index (κ3) is 5.23. The third-order valence-electron chi connectivity index (χ3n) is 3.66. The van der Waals surface area contributed by atoms with Crippen molar-refractivity contribution in [1.82, 2.24) is 0 Å². The molecule has 0 saturated carbocycles. The SMILES string of the molecule is CC(=O)N(CC(=O)Nc1ccccc1OC(C)C)c1ccc(Cl)cc1C. The maximum absolute atomic E-state index is 12.5. The number of ether oxygens (including phenoxy) is 1. The minimum Gasteiger partial charge on any atom is -0.489 e. The van der Waals surface area contributed by atoms with Gasteiger partial charge in [-0.2, -0.15) is 0 Å². The molecule has 0 bridgehead atoms. The summed E-state index contributed by atoms with van der Waals surface area (Å²) in [5.41, 5.74) is 2.05. The van der Waals surface area contributed by atoms with Crippen LogP contribution in [-0.2, 0) is 9.59 Å². The Kier molecular flexibility index (Phi) is 6.64. The van der Waals surface area contributed by atoms with Crippen LogP contribution in [0.1, 0.15) is 26.3 Å². The number of hydrogen-bond acceptors (Lipinski definition) is 3. The van der Waals surface area contributed by atoms with E-state index in [1.54, 1.807) is 30.3 Å². The van der Waals surface area contributed by atoms with Gasteiger partial charge in [0, 0.05) is 17.6 Å². The van der Waals surface area contributed by atoms with Crippen LogP contribution in [0.15, 0.2) is 42.5 Å². The molecular weight excluding hydrogens is 352 g/mol. The molecular formula is C20H23ClN2O3. The number of nitrogens with zero attached hydrogens (tertiary/aromatic N) is 1. The Morgan fingerprint density at radius 3 is 2.50 bits per heavy atom. The average Bonchev–Trinajstić information content (AvgIpc) is 2.54. The molecule has 6 heteroatoms. The molecule has 0 heterocycles. The zero-order valence-electron chi connectivity index (χ0n) is 15.4. The number of rotatable bonds is 6. The quantitative estimate of drug-likeness (QED) is 0.813. The second-order valence-electron chi connectivity index (χ2n) is 6.25. The normalized spacial score (nSPS) is 10.5. The highest BCUT2D eigenvalue weighted by molar-refractivity contribution is 6.30. The van der Waals surface area contributed by atoms with Crippen molar-refractivity contribution in [2.75, 3.05) is 16.8 Å². The van der Waals surface area contributed by atoms with E-state index in [1.807, 2.05) is 32.9 Å². The lowest BCUT2D eigenvalue weighted by atomic mass is 10.1. The molecule has 0 saturated heterocycles. The van der Waals surface area contributed by atoms with Gasteiger partial charge in [0.1, 0.15) is 12.3 Å². The number of hydrogen-bond donors (Lipinski definition) is 1. The van der Waals surface area contributed by atoms with Crippen LogP contribution in [0.5, 0.6) is 5.75 Å². The van der Waals surface area contributed by atoms with Crippen molar-refractivity contribution >= 4 is 34.8 Å². The highest BCUT2D eigenvalue weighted by atomic mass is 35.5. The second kappa shape index (κ2) is 8.72. The Hall–Kier alpha value is -2.53. The van der Waals surface area contributed by atoms with Crippen LogP contribution in [0, 0.1) is 6.92 Å². The molecule has 5 nitrogen and oxygen atoms in total. The highest BCUT2D eigenvalue weighted by Gasteiger charge is 2.19. The Bertz CT molecular complexity index is 805. The fourth-order valence-corrected chi connectivity index (χ4v) is 2.77. The molecule has 0 aromatic heterocycles. The summed E-state index contributed by atoms with van der Waals surface area (Å²) in [5.74, 6) is 0.0551. The molecule has 26 heavy (non-hydrogen) atoms. The van der Waals surface area contributed by atoms with E-state index in [0.29, 0.717) is 22.1 Å². The first-order valence-corrected chi connectivity index (χ1v) is 8.75. The number of anilines is 2. The first kappa shape index (κ1) is 19.8. The Labute approximate surface area is 158 Å². The van der Waals surface area contributed by atoms with Crippen molar-refractivity contribution in [1.29, 1.82) is 0 Å². The van der Waals surface area contributed by atoms with E-state index < -0.39 is 0 Å². The maximum Gasteiger partial charge on any atom is 0.244 e. The van der Waals surface area contributed by atoms with Crippen LogP contribution < -0.4 is 15.0 Å². The van der Waals surface area contributed by atoms with Gasteiger partial charge < -0.3 is 15.0 Å². The molecule has 0 fully saturated rings. The van der Waals surface area contributed by atoms with E-state index in [9.17, 15) is 9.59 Å². The molecule has 2 aromatic carbocycles. The van der Waals surface area contributed by atoms with Crippen molar-refractivity contribution in [3.8, 4) is 5.75 Å². The number of amides is 2. The zero-order valence-corrected chi connectivity index (χ0v) is 16.1. The number of para-hydroxylation sites is 2. The lowest BCUT2D eigenvalue weighted by Crippen LogP contribution is -2.37. The number of nitrogens with one attached hydrogen (secondary N) is 1. The smallest absolute Gasteiger partial charge is 0.244 e. The van der Waals surface area contributed by atoms with E-state index in [0.717, 1.165) is 5.56 Å². The van der Waals surface area contributed by atoms with Gasteiger partial charge in [-0.25, -0.2) is 0 Å². The van der Waals surface area contributed by atoms with Crippen LogP contribution >= 0.6 is 11.6 Å². The molecule has 138 valence electrons. The van der Waals surface area contributed by atoms with Crippen molar-refractivity contribution in [3.05, 3.63) is 53.1 Å². The topological polar surface area (TPSA) is 58.6 Å². The number of halogens is 1. The van der Waals surface area contributed by atoms with E-state index >= 15 is 0 Å². The van der Waals surface area contributed by atoms with Gasteiger partial charge in [-0.05, 0) is 56.7 Å². The minimum absolute atomic E-state index is 0.0153. The number of carbonyl (C=O) groups excluding carboxylic acids is 2. The first-order chi connectivity index (χ1) is 12.3. The van der Waals surface area contributed by atoms with Gasteiger partial charge in [0.2, 0.25) is 11.8 Å². The number of carbonyl (C=O) groups is 2. The Morgan fingerprint density at radius 1 is 1.19 bits per heavy atom. The van der Waals surface area contributed by atoms with Crippen LogP contribution in [0.25, 0.3) is 0 Å². The van der Waals surface area contributed by atoms with Crippen molar-refractivity contribution < 1.29 is 14.3 Å². The predicted molar refractivity (Wildman–Crippen MR) is 105 cm³/mol. The van der Waals surface area contributed by atoms with Crippen LogP contribution in [0.2, 0.25) is 5.02 Å². The minimum atomic E-state index is -0.311. The molecule has 0 aliphatic carbocycles. The summed E-state index contributed by atoms with van der Waals surface area (Å²) in [6.45, 7) is 7.00. The van der Waals surface area contributed by atoms with Gasteiger partial charge in [0.05, 0.1) is 11.8 Å². The summed E-state index contributed by atoms with van der Waals surface area (Å²) < 4.78 is 5.71. The largest absolute Gasteiger partial charge is 0.489 e. The molecule has 2 rings (SSSR count).